The van der Waals surface area contributed by atoms with Crippen LogP contribution in [-0.2, 0) is 17.8 Å². The number of carbonyl (C=O) groups excluding carboxylic acids is 1. The fourth-order valence-electron chi connectivity index (χ4n) is 4.20. The summed E-state index contributed by atoms with van der Waals surface area (Å²) >= 11 is 0. The molecule has 0 bridgehead atoms. The van der Waals surface area contributed by atoms with E-state index in [1.165, 1.54) is 5.56 Å². The van der Waals surface area contributed by atoms with Crippen LogP contribution < -0.4 is 10.5 Å². The number of piperidine rings is 1. The summed E-state index contributed by atoms with van der Waals surface area (Å²) in [5.74, 6) is 1.33. The van der Waals surface area contributed by atoms with Gasteiger partial charge < -0.3 is 10.5 Å². The molecule has 0 radical (unpaired) electrons. The lowest BCUT2D eigenvalue weighted by Gasteiger charge is -2.36. The zero-order chi connectivity index (χ0) is 21.6. The van der Waals surface area contributed by atoms with Crippen LogP contribution in [0.15, 0.2) is 54.6 Å². The maximum absolute atomic E-state index is 11.6. The Bertz CT molecular complexity index is 981. The molecular formula is C23H28N6O2. The summed E-state index contributed by atoms with van der Waals surface area (Å²) in [7, 11) is 1.66. The normalized spacial score (nSPS) is 16.2. The van der Waals surface area contributed by atoms with Gasteiger partial charge in [0.05, 0.1) is 13.2 Å². The molecule has 8 nitrogen and oxygen atoms in total. The number of tetrazole rings is 1. The van der Waals surface area contributed by atoms with Crippen molar-refractivity contribution < 1.29 is 9.53 Å². The highest BCUT2D eigenvalue weighted by atomic mass is 16.5. The minimum Gasteiger partial charge on any atom is -0.497 e. The van der Waals surface area contributed by atoms with E-state index < -0.39 is 0 Å². The fraction of sp³-hybridized carbons (Fsp3) is 0.391. The minimum atomic E-state index is -0.214. The van der Waals surface area contributed by atoms with E-state index in [4.69, 9.17) is 10.5 Å². The first-order valence-corrected chi connectivity index (χ1v) is 10.6. The number of hydrogen-bond donors (Lipinski definition) is 1. The maximum atomic E-state index is 11.6. The van der Waals surface area contributed by atoms with Gasteiger partial charge in [-0.05, 0) is 66.0 Å². The largest absolute Gasteiger partial charge is 0.497 e. The number of likely N-dealkylation sites (tertiary alicyclic amines) is 1. The molecule has 1 unspecified atom stereocenters. The number of rotatable bonds is 8. The number of benzene rings is 2. The van der Waals surface area contributed by atoms with Gasteiger partial charge in [-0.1, -0.05) is 42.5 Å². The van der Waals surface area contributed by atoms with Crippen molar-refractivity contribution in [3.63, 3.8) is 0 Å². The van der Waals surface area contributed by atoms with Crippen molar-refractivity contribution in [3.05, 3.63) is 71.5 Å². The predicted molar refractivity (Wildman–Crippen MR) is 116 cm³/mol. The summed E-state index contributed by atoms with van der Waals surface area (Å²) in [6.07, 6.45) is 2.33. The number of ether oxygens (including phenoxy) is 1. The van der Waals surface area contributed by atoms with Crippen LogP contribution in [0.25, 0.3) is 0 Å². The molecule has 3 aromatic rings. The van der Waals surface area contributed by atoms with Gasteiger partial charge in [0.25, 0.3) is 0 Å². The first-order chi connectivity index (χ1) is 15.2. The van der Waals surface area contributed by atoms with Crippen LogP contribution >= 0.6 is 0 Å². The van der Waals surface area contributed by atoms with Crippen LogP contribution in [0.5, 0.6) is 5.75 Å². The molecule has 4 rings (SSSR count). The summed E-state index contributed by atoms with van der Waals surface area (Å²) in [5, 5.41) is 12.7. The van der Waals surface area contributed by atoms with E-state index in [1.54, 1.807) is 7.11 Å². The molecule has 2 aromatic carbocycles. The Kier molecular flexibility index (Phi) is 6.57. The summed E-state index contributed by atoms with van der Waals surface area (Å²) in [5.41, 5.74) is 7.87. The SMILES string of the molecule is COc1ccc(C(c2nnnn2CCc2ccccc2)N2CCC(C(N)=O)CC2)cc1. The number of hydrogen-bond acceptors (Lipinski definition) is 6. The molecule has 0 spiro atoms. The Morgan fingerprint density at radius 2 is 1.84 bits per heavy atom. The van der Waals surface area contributed by atoms with Crippen molar-refractivity contribution >= 4 is 5.91 Å². The van der Waals surface area contributed by atoms with E-state index in [1.807, 2.05) is 35.0 Å². The molecule has 31 heavy (non-hydrogen) atoms. The zero-order valence-corrected chi connectivity index (χ0v) is 17.7. The van der Waals surface area contributed by atoms with E-state index in [9.17, 15) is 4.79 Å². The number of nitrogens with zero attached hydrogens (tertiary/aromatic N) is 5. The lowest BCUT2D eigenvalue weighted by atomic mass is 9.93. The first-order valence-electron chi connectivity index (χ1n) is 10.6. The minimum absolute atomic E-state index is 0.0677. The van der Waals surface area contributed by atoms with Crippen LogP contribution in [-0.4, -0.2) is 51.2 Å². The summed E-state index contributed by atoms with van der Waals surface area (Å²) < 4.78 is 7.22. The Labute approximate surface area is 182 Å². The monoisotopic (exact) mass is 420 g/mol. The maximum Gasteiger partial charge on any atom is 0.220 e. The van der Waals surface area contributed by atoms with Gasteiger partial charge in [-0.3, -0.25) is 9.69 Å². The third-order valence-electron chi connectivity index (χ3n) is 5.99. The van der Waals surface area contributed by atoms with Gasteiger partial charge in [-0.2, -0.15) is 0 Å². The summed E-state index contributed by atoms with van der Waals surface area (Å²) in [6.45, 7) is 2.21. The molecule has 162 valence electrons. The average molecular weight is 421 g/mol. The lowest BCUT2D eigenvalue weighted by molar-refractivity contribution is -0.123. The number of aryl methyl sites for hydroxylation is 2. The van der Waals surface area contributed by atoms with Gasteiger partial charge in [0.1, 0.15) is 5.75 Å². The average Bonchev–Trinajstić information content (AvgIpc) is 3.27. The molecule has 0 saturated carbocycles. The van der Waals surface area contributed by atoms with E-state index in [0.29, 0.717) is 6.54 Å². The molecule has 1 aliphatic heterocycles. The highest BCUT2D eigenvalue weighted by Crippen LogP contribution is 2.32. The number of amides is 1. The summed E-state index contributed by atoms with van der Waals surface area (Å²) in [6, 6.07) is 18.2. The van der Waals surface area contributed by atoms with Crippen molar-refractivity contribution in [1.82, 2.24) is 25.1 Å². The second-order valence-electron chi connectivity index (χ2n) is 7.88. The van der Waals surface area contributed by atoms with Crippen molar-refractivity contribution in [2.24, 2.45) is 11.7 Å². The Morgan fingerprint density at radius 3 is 2.48 bits per heavy atom. The van der Waals surface area contributed by atoms with Crippen LogP contribution in [0.1, 0.15) is 35.8 Å². The number of primary amides is 1. The van der Waals surface area contributed by atoms with Gasteiger partial charge in [0, 0.05) is 12.5 Å². The standard InChI is InChI=1S/C23H28N6O2/c1-31-20-9-7-18(8-10-20)21(28-14-12-19(13-15-28)22(24)30)23-25-26-27-29(23)16-11-17-5-3-2-4-6-17/h2-10,19,21H,11-16H2,1H3,(H2,24,30). The van der Waals surface area contributed by atoms with Gasteiger partial charge in [0.15, 0.2) is 5.82 Å². The summed E-state index contributed by atoms with van der Waals surface area (Å²) in [4.78, 5) is 14.0. The smallest absolute Gasteiger partial charge is 0.220 e. The van der Waals surface area contributed by atoms with Crippen molar-refractivity contribution in [1.29, 1.82) is 0 Å². The molecule has 1 amide bonds. The molecule has 1 atom stereocenters. The number of aromatic nitrogens is 4. The molecule has 8 heteroatoms. The van der Waals surface area contributed by atoms with Crippen LogP contribution in [0.3, 0.4) is 0 Å². The van der Waals surface area contributed by atoms with Crippen LogP contribution in [0.4, 0.5) is 0 Å². The predicted octanol–water partition coefficient (Wildman–Crippen LogP) is 2.21. The third-order valence-corrected chi connectivity index (χ3v) is 5.99. The third kappa shape index (κ3) is 4.91. The quantitative estimate of drug-likeness (QED) is 0.600. The number of nitrogens with two attached hydrogens (primary N) is 1. The molecule has 1 saturated heterocycles. The fourth-order valence-corrected chi connectivity index (χ4v) is 4.20. The second-order valence-corrected chi connectivity index (χ2v) is 7.88. The molecule has 0 aliphatic carbocycles. The molecule has 2 N–H and O–H groups in total. The van der Waals surface area contributed by atoms with E-state index in [-0.39, 0.29) is 17.9 Å². The highest BCUT2D eigenvalue weighted by Gasteiger charge is 2.32. The molecule has 1 aromatic heterocycles. The van der Waals surface area contributed by atoms with E-state index in [0.717, 1.165) is 49.5 Å². The Morgan fingerprint density at radius 1 is 1.13 bits per heavy atom. The van der Waals surface area contributed by atoms with Crippen molar-refractivity contribution in [3.8, 4) is 5.75 Å². The van der Waals surface area contributed by atoms with E-state index in [2.05, 4.69) is 44.7 Å². The Hall–Kier alpha value is -3.26. The van der Waals surface area contributed by atoms with Crippen LogP contribution in [0.2, 0.25) is 0 Å². The van der Waals surface area contributed by atoms with Gasteiger partial charge in [0.2, 0.25) is 5.91 Å². The lowest BCUT2D eigenvalue weighted by Crippen LogP contribution is -2.41. The van der Waals surface area contributed by atoms with Crippen LogP contribution in [0, 0.1) is 5.92 Å². The Balaban J connectivity index is 1.60. The second kappa shape index (κ2) is 9.70. The topological polar surface area (TPSA) is 99.2 Å². The number of methoxy groups -OCH3 is 1. The molecule has 1 aliphatic rings. The van der Waals surface area contributed by atoms with E-state index >= 15 is 0 Å². The molecule has 1 fully saturated rings. The highest BCUT2D eigenvalue weighted by molar-refractivity contribution is 5.76. The van der Waals surface area contributed by atoms with Gasteiger partial charge >= 0.3 is 0 Å². The first kappa shape index (κ1) is 21.0. The molecular weight excluding hydrogens is 392 g/mol. The van der Waals surface area contributed by atoms with Gasteiger partial charge in [-0.15, -0.1) is 5.10 Å². The van der Waals surface area contributed by atoms with Crippen molar-refractivity contribution in [2.75, 3.05) is 20.2 Å². The molecule has 2 heterocycles. The number of carbonyl (C=O) groups is 1. The van der Waals surface area contributed by atoms with Crippen molar-refractivity contribution in [2.45, 2.75) is 31.8 Å². The zero-order valence-electron chi connectivity index (χ0n) is 17.7. The van der Waals surface area contributed by atoms with Gasteiger partial charge in [-0.25, -0.2) is 4.68 Å².